The number of nitrogens with zero attached hydrogens (tertiary/aromatic N) is 1. The second kappa shape index (κ2) is 6.31. The zero-order valence-electron chi connectivity index (χ0n) is 17.6. The van der Waals surface area contributed by atoms with Crippen LogP contribution in [-0.2, 0) is 24.5 Å². The Morgan fingerprint density at radius 1 is 1.37 bits per heavy atom. The van der Waals surface area contributed by atoms with Crippen molar-refractivity contribution in [3.05, 3.63) is 41.5 Å². The van der Waals surface area contributed by atoms with E-state index in [2.05, 4.69) is 10.2 Å². The highest BCUT2D eigenvalue weighted by Crippen LogP contribution is 2.72. The lowest BCUT2D eigenvalue weighted by atomic mass is 9.45. The summed E-state index contributed by atoms with van der Waals surface area (Å²) in [5.41, 5.74) is 0.210. The molecule has 5 aliphatic rings. The molecule has 2 N–H and O–H groups in total. The Bertz CT molecular complexity index is 961. The molecule has 1 saturated carbocycles. The fraction of sp³-hybridized carbons (Fsp3) is 0.565. The van der Waals surface area contributed by atoms with Gasteiger partial charge in [0, 0.05) is 31.6 Å². The van der Waals surface area contributed by atoms with Gasteiger partial charge in [-0.3, -0.25) is 14.5 Å². The number of carbonyl (C=O) groups excluding carboxylic acids is 2. The Labute approximate surface area is 176 Å². The lowest BCUT2D eigenvalue weighted by molar-refractivity contribution is -0.189. The van der Waals surface area contributed by atoms with Crippen LogP contribution in [0.1, 0.15) is 32.3 Å². The fourth-order valence-corrected chi connectivity index (χ4v) is 7.20. The zero-order chi connectivity index (χ0) is 21.3. The molecule has 4 aliphatic heterocycles. The first-order valence-electron chi connectivity index (χ1n) is 10.6. The molecule has 30 heavy (non-hydrogen) atoms. The van der Waals surface area contributed by atoms with Gasteiger partial charge in [0.2, 0.25) is 0 Å². The number of benzene rings is 1. The number of anilines is 1. The molecule has 6 unspecified atom stereocenters. The number of hydrogen-bond acceptors (Lipinski definition) is 7. The van der Waals surface area contributed by atoms with Crippen LogP contribution in [0.3, 0.4) is 0 Å². The summed E-state index contributed by atoms with van der Waals surface area (Å²) in [6, 6.07) is 7.95. The molecule has 4 fully saturated rings. The third-order valence-electron chi connectivity index (χ3n) is 8.16. The van der Waals surface area contributed by atoms with Gasteiger partial charge in [-0.2, -0.15) is 0 Å². The van der Waals surface area contributed by atoms with Gasteiger partial charge in [-0.15, -0.1) is 0 Å². The molecule has 6 rings (SSSR count). The van der Waals surface area contributed by atoms with E-state index < -0.39 is 28.6 Å². The zero-order valence-corrected chi connectivity index (χ0v) is 17.6. The van der Waals surface area contributed by atoms with Crippen LogP contribution in [-0.4, -0.2) is 60.5 Å². The summed E-state index contributed by atoms with van der Waals surface area (Å²) in [7, 11) is 1.40. The van der Waals surface area contributed by atoms with Crippen LogP contribution in [0.5, 0.6) is 0 Å². The molecule has 0 radical (unpaired) electrons. The van der Waals surface area contributed by atoms with Crippen LogP contribution in [0, 0.1) is 11.3 Å². The van der Waals surface area contributed by atoms with Crippen molar-refractivity contribution in [2.75, 3.05) is 32.1 Å². The number of nitrogens with one attached hydrogen (secondary N) is 1. The summed E-state index contributed by atoms with van der Waals surface area (Å²) >= 11 is 0. The summed E-state index contributed by atoms with van der Waals surface area (Å²) in [5, 5.41) is 15.2. The van der Waals surface area contributed by atoms with Gasteiger partial charge in [0.25, 0.3) is 0 Å². The van der Waals surface area contributed by atoms with Crippen molar-refractivity contribution in [3.8, 4) is 0 Å². The number of aliphatic hydroxyl groups excluding tert-OH is 1. The maximum atomic E-state index is 13.8. The number of hydrogen-bond donors (Lipinski definition) is 2. The number of carbonyl (C=O) groups is 2. The van der Waals surface area contributed by atoms with E-state index in [1.165, 1.54) is 14.0 Å². The van der Waals surface area contributed by atoms with Crippen LogP contribution in [0.2, 0.25) is 0 Å². The van der Waals surface area contributed by atoms with Crippen LogP contribution in [0.15, 0.2) is 35.9 Å². The topological polar surface area (TPSA) is 88.1 Å². The predicted molar refractivity (Wildman–Crippen MR) is 110 cm³/mol. The van der Waals surface area contributed by atoms with Crippen LogP contribution in [0.25, 0.3) is 0 Å². The molecule has 1 aromatic carbocycles. The molecule has 1 spiro atoms. The third kappa shape index (κ3) is 1.93. The first kappa shape index (κ1) is 19.6. The maximum absolute atomic E-state index is 13.8. The minimum absolute atomic E-state index is 0.0741. The highest BCUT2D eigenvalue weighted by atomic mass is 16.5. The normalized spacial score (nSPS) is 41.6. The first-order chi connectivity index (χ1) is 14.4. The van der Waals surface area contributed by atoms with E-state index in [1.807, 2.05) is 37.3 Å². The number of esters is 2. The van der Waals surface area contributed by atoms with E-state index in [-0.39, 0.29) is 18.5 Å². The summed E-state index contributed by atoms with van der Waals surface area (Å²) < 4.78 is 11.1. The van der Waals surface area contributed by atoms with Crippen molar-refractivity contribution in [2.45, 2.75) is 43.9 Å². The molecular formula is C23H28N2O5. The Kier molecular flexibility index (Phi) is 4.12. The van der Waals surface area contributed by atoms with E-state index in [1.54, 1.807) is 0 Å². The smallest absolute Gasteiger partial charge is 0.316 e. The molecule has 7 heteroatoms. The summed E-state index contributed by atoms with van der Waals surface area (Å²) in [5.74, 6) is -1.11. The molecule has 4 bridgehead atoms. The lowest BCUT2D eigenvalue weighted by Gasteiger charge is -2.59. The van der Waals surface area contributed by atoms with Gasteiger partial charge < -0.3 is 19.9 Å². The van der Waals surface area contributed by atoms with Gasteiger partial charge in [0.05, 0.1) is 18.6 Å². The van der Waals surface area contributed by atoms with E-state index in [9.17, 15) is 14.7 Å². The molecule has 1 aromatic rings. The van der Waals surface area contributed by atoms with E-state index in [0.717, 1.165) is 23.4 Å². The molecule has 0 aromatic heterocycles. The largest absolute Gasteiger partial charge is 0.468 e. The molecule has 3 saturated heterocycles. The number of ether oxygens (including phenoxy) is 2. The van der Waals surface area contributed by atoms with Crippen molar-refractivity contribution >= 4 is 17.6 Å². The summed E-state index contributed by atoms with van der Waals surface area (Å²) in [6.45, 7) is 4.63. The number of para-hydroxylation sites is 1. The number of methoxy groups -OCH3 is 1. The van der Waals surface area contributed by atoms with Crippen LogP contribution < -0.4 is 5.32 Å². The van der Waals surface area contributed by atoms with Gasteiger partial charge in [0.1, 0.15) is 17.7 Å². The molecule has 7 nitrogen and oxygen atoms in total. The van der Waals surface area contributed by atoms with Gasteiger partial charge in [-0.05, 0) is 31.4 Å². The highest BCUT2D eigenvalue weighted by Gasteiger charge is 2.83. The Hall–Kier alpha value is -2.38. The standard InChI is InChI=1S/C23H28N2O5/c1-4-15-12-25-10-9-22-16-7-5-6-8-18(16)24-23(22,25)19(27)11-17(15)21(22,20(28)29-3)13-30-14(2)26/h4-8,17,19,24,27H,9-13H2,1-3H3/b15-4-. The number of rotatable bonds is 3. The van der Waals surface area contributed by atoms with Crippen LogP contribution >= 0.6 is 0 Å². The molecule has 4 heterocycles. The lowest BCUT2D eigenvalue weighted by Crippen LogP contribution is -2.75. The monoisotopic (exact) mass is 412 g/mol. The SMILES string of the molecule is C/C=C1/CN2CCC34c5ccccc5NC23C(O)CC1C4(COC(C)=O)C(=O)OC. The Balaban J connectivity index is 1.89. The second-order valence-corrected chi connectivity index (χ2v) is 8.92. The minimum Gasteiger partial charge on any atom is -0.468 e. The van der Waals surface area contributed by atoms with Crippen molar-refractivity contribution < 1.29 is 24.2 Å². The first-order valence-corrected chi connectivity index (χ1v) is 10.6. The predicted octanol–water partition coefficient (Wildman–Crippen LogP) is 1.82. The number of allylic oxidation sites excluding steroid dienone is 1. The van der Waals surface area contributed by atoms with Gasteiger partial charge in [-0.25, -0.2) is 0 Å². The second-order valence-electron chi connectivity index (χ2n) is 8.92. The fourth-order valence-electron chi connectivity index (χ4n) is 7.20. The van der Waals surface area contributed by atoms with Gasteiger partial charge >= 0.3 is 11.9 Å². The third-order valence-corrected chi connectivity index (χ3v) is 8.16. The summed E-state index contributed by atoms with van der Waals surface area (Å²) in [6.07, 6.45) is 2.42. The molecule has 160 valence electrons. The molecule has 1 aliphatic carbocycles. The van der Waals surface area contributed by atoms with Crippen molar-refractivity contribution in [1.82, 2.24) is 4.90 Å². The number of aliphatic hydroxyl groups is 1. The quantitative estimate of drug-likeness (QED) is 0.578. The van der Waals surface area contributed by atoms with E-state index in [4.69, 9.17) is 9.47 Å². The minimum atomic E-state index is -1.14. The van der Waals surface area contributed by atoms with E-state index >= 15 is 0 Å². The Morgan fingerprint density at radius 3 is 2.83 bits per heavy atom. The highest BCUT2D eigenvalue weighted by molar-refractivity contribution is 5.86. The van der Waals surface area contributed by atoms with Crippen LogP contribution in [0.4, 0.5) is 5.69 Å². The molecule has 0 amide bonds. The van der Waals surface area contributed by atoms with Crippen molar-refractivity contribution in [2.24, 2.45) is 11.3 Å². The van der Waals surface area contributed by atoms with Crippen molar-refractivity contribution in [1.29, 1.82) is 0 Å². The summed E-state index contributed by atoms with van der Waals surface area (Å²) in [4.78, 5) is 28.0. The van der Waals surface area contributed by atoms with Crippen molar-refractivity contribution in [3.63, 3.8) is 0 Å². The van der Waals surface area contributed by atoms with Gasteiger partial charge in [-0.1, -0.05) is 29.8 Å². The molecule has 6 atom stereocenters. The average Bonchev–Trinajstić information content (AvgIpc) is 3.17. The van der Waals surface area contributed by atoms with Gasteiger partial charge in [0.15, 0.2) is 0 Å². The maximum Gasteiger partial charge on any atom is 0.316 e. The average molecular weight is 412 g/mol. The number of fused-ring (bicyclic) bond motifs is 3. The molecular weight excluding hydrogens is 384 g/mol. The Morgan fingerprint density at radius 2 is 2.13 bits per heavy atom. The van der Waals surface area contributed by atoms with E-state index in [0.29, 0.717) is 19.4 Å².